The minimum absolute atomic E-state index is 0.215. The van der Waals surface area contributed by atoms with Gasteiger partial charge in [0.1, 0.15) is 5.75 Å². The summed E-state index contributed by atoms with van der Waals surface area (Å²) < 4.78 is 5.23. The summed E-state index contributed by atoms with van der Waals surface area (Å²) in [7, 11) is 1.67. The summed E-state index contributed by atoms with van der Waals surface area (Å²) in [6.45, 7) is 0. The van der Waals surface area contributed by atoms with E-state index in [-0.39, 0.29) is 11.7 Å². The SMILES string of the molecule is COc1ccc(C2CC(=O)C3=C(C2)NC2CCCCC2N=C3)cc1. The van der Waals surface area contributed by atoms with Crippen molar-refractivity contribution in [1.29, 1.82) is 0 Å². The van der Waals surface area contributed by atoms with Gasteiger partial charge in [-0.05, 0) is 42.9 Å². The topological polar surface area (TPSA) is 50.7 Å². The summed E-state index contributed by atoms with van der Waals surface area (Å²) in [6, 6.07) is 8.83. The van der Waals surface area contributed by atoms with E-state index >= 15 is 0 Å². The molecule has 4 nitrogen and oxygen atoms in total. The van der Waals surface area contributed by atoms with Crippen LogP contribution in [0.2, 0.25) is 0 Å². The Bertz CT molecular complexity index is 690. The minimum Gasteiger partial charge on any atom is -0.497 e. The molecule has 1 saturated carbocycles. The van der Waals surface area contributed by atoms with Crippen LogP contribution < -0.4 is 10.1 Å². The lowest BCUT2D eigenvalue weighted by Crippen LogP contribution is -2.41. The second-order valence-corrected chi connectivity index (χ2v) is 7.07. The van der Waals surface area contributed by atoms with Gasteiger partial charge in [0.15, 0.2) is 5.78 Å². The van der Waals surface area contributed by atoms with E-state index in [0.29, 0.717) is 18.5 Å². The number of benzene rings is 1. The fourth-order valence-electron chi connectivity index (χ4n) is 4.18. The lowest BCUT2D eigenvalue weighted by molar-refractivity contribution is -0.115. The highest BCUT2D eigenvalue weighted by Crippen LogP contribution is 2.36. The second kappa shape index (κ2) is 6.42. The fraction of sp³-hybridized carbons (Fsp3) is 0.500. The molecule has 0 amide bonds. The van der Waals surface area contributed by atoms with Crippen molar-refractivity contribution in [1.82, 2.24) is 5.32 Å². The van der Waals surface area contributed by atoms with Crippen LogP contribution in [0.25, 0.3) is 0 Å². The van der Waals surface area contributed by atoms with Gasteiger partial charge in [-0.25, -0.2) is 0 Å². The number of aliphatic imine (C=N–C) groups is 1. The van der Waals surface area contributed by atoms with Crippen LogP contribution >= 0.6 is 0 Å². The summed E-state index contributed by atoms with van der Waals surface area (Å²) in [6.07, 6.45) is 8.09. The van der Waals surface area contributed by atoms with Crippen molar-refractivity contribution in [3.8, 4) is 5.75 Å². The Morgan fingerprint density at radius 2 is 1.92 bits per heavy atom. The Morgan fingerprint density at radius 1 is 1.12 bits per heavy atom. The molecule has 0 radical (unpaired) electrons. The molecule has 1 aromatic rings. The van der Waals surface area contributed by atoms with E-state index in [1.165, 1.54) is 18.4 Å². The number of fused-ring (bicyclic) bond motifs is 1. The number of methoxy groups -OCH3 is 1. The standard InChI is InChI=1S/C20H24N2O2/c1-24-15-8-6-13(7-9-15)14-10-19-16(20(23)11-14)12-21-17-4-2-3-5-18(17)22-19/h6-9,12,14,17-18,22H,2-5,10-11H2,1H3. The minimum atomic E-state index is 0.215. The maximum Gasteiger partial charge on any atom is 0.166 e. The van der Waals surface area contributed by atoms with Crippen LogP contribution in [0.3, 0.4) is 0 Å². The van der Waals surface area contributed by atoms with Gasteiger partial charge in [0.2, 0.25) is 0 Å². The number of nitrogens with zero attached hydrogens (tertiary/aromatic N) is 1. The number of carbonyl (C=O) groups excluding carboxylic acids is 1. The monoisotopic (exact) mass is 324 g/mol. The molecule has 0 saturated heterocycles. The van der Waals surface area contributed by atoms with Crippen LogP contribution in [0.4, 0.5) is 0 Å². The zero-order chi connectivity index (χ0) is 16.5. The van der Waals surface area contributed by atoms with Gasteiger partial charge in [-0.2, -0.15) is 0 Å². The van der Waals surface area contributed by atoms with E-state index in [9.17, 15) is 4.79 Å². The molecule has 4 rings (SSSR count). The molecule has 1 aromatic carbocycles. The molecule has 1 N–H and O–H groups in total. The first-order valence-corrected chi connectivity index (χ1v) is 8.94. The van der Waals surface area contributed by atoms with Gasteiger partial charge in [0.05, 0.1) is 18.7 Å². The normalized spacial score (nSPS) is 29.4. The van der Waals surface area contributed by atoms with Crippen LogP contribution in [0.5, 0.6) is 5.75 Å². The third-order valence-electron chi connectivity index (χ3n) is 5.58. The van der Waals surface area contributed by atoms with Gasteiger partial charge in [-0.1, -0.05) is 25.0 Å². The molecule has 126 valence electrons. The van der Waals surface area contributed by atoms with Gasteiger partial charge < -0.3 is 10.1 Å². The largest absolute Gasteiger partial charge is 0.497 e. The fourth-order valence-corrected chi connectivity index (χ4v) is 4.18. The number of nitrogens with one attached hydrogen (secondary N) is 1. The van der Waals surface area contributed by atoms with E-state index < -0.39 is 0 Å². The molecule has 0 bridgehead atoms. The average Bonchev–Trinajstić information content (AvgIpc) is 2.81. The first kappa shape index (κ1) is 15.4. The van der Waals surface area contributed by atoms with Crippen LogP contribution in [0.1, 0.15) is 50.0 Å². The zero-order valence-electron chi connectivity index (χ0n) is 14.1. The van der Waals surface area contributed by atoms with Crippen molar-refractivity contribution in [3.63, 3.8) is 0 Å². The number of carbonyl (C=O) groups is 1. The molecule has 3 aliphatic rings. The Kier molecular flexibility index (Phi) is 4.13. The third kappa shape index (κ3) is 2.85. The van der Waals surface area contributed by atoms with Crippen molar-refractivity contribution < 1.29 is 9.53 Å². The number of allylic oxidation sites excluding steroid dienone is 2. The molecule has 3 atom stereocenters. The molecule has 2 aliphatic carbocycles. The number of rotatable bonds is 2. The Hall–Kier alpha value is -2.10. The smallest absolute Gasteiger partial charge is 0.166 e. The van der Waals surface area contributed by atoms with Crippen LogP contribution in [0, 0.1) is 0 Å². The summed E-state index contributed by atoms with van der Waals surface area (Å²) in [4.78, 5) is 17.4. The first-order chi connectivity index (χ1) is 11.7. The molecule has 3 unspecified atom stereocenters. The van der Waals surface area contributed by atoms with Gasteiger partial charge >= 0.3 is 0 Å². The number of ketones is 1. The van der Waals surface area contributed by atoms with E-state index in [2.05, 4.69) is 17.4 Å². The highest BCUT2D eigenvalue weighted by molar-refractivity contribution is 6.15. The number of hydrogen-bond acceptors (Lipinski definition) is 4. The van der Waals surface area contributed by atoms with E-state index in [0.717, 1.165) is 36.3 Å². The second-order valence-electron chi connectivity index (χ2n) is 7.07. The average molecular weight is 324 g/mol. The highest BCUT2D eigenvalue weighted by atomic mass is 16.5. The number of ether oxygens (including phenoxy) is 1. The third-order valence-corrected chi connectivity index (χ3v) is 5.58. The Balaban J connectivity index is 1.58. The maximum absolute atomic E-state index is 12.7. The van der Waals surface area contributed by atoms with Crippen molar-refractivity contribution in [2.24, 2.45) is 4.99 Å². The van der Waals surface area contributed by atoms with Gasteiger partial charge in [-0.3, -0.25) is 9.79 Å². The van der Waals surface area contributed by atoms with Crippen LogP contribution in [-0.2, 0) is 4.79 Å². The van der Waals surface area contributed by atoms with Crippen molar-refractivity contribution in [3.05, 3.63) is 41.1 Å². The number of hydrogen-bond donors (Lipinski definition) is 1. The van der Waals surface area contributed by atoms with Gasteiger partial charge in [-0.15, -0.1) is 0 Å². The molecular formula is C20H24N2O2. The lowest BCUT2D eigenvalue weighted by Gasteiger charge is -2.32. The molecule has 0 aromatic heterocycles. The maximum atomic E-state index is 12.7. The first-order valence-electron chi connectivity index (χ1n) is 8.94. The van der Waals surface area contributed by atoms with Crippen molar-refractivity contribution in [2.45, 2.75) is 56.5 Å². The Morgan fingerprint density at radius 3 is 2.71 bits per heavy atom. The summed E-state index contributed by atoms with van der Waals surface area (Å²) >= 11 is 0. The quantitative estimate of drug-likeness (QED) is 0.907. The predicted octanol–water partition coefficient (Wildman–Crippen LogP) is 3.38. The molecule has 1 aliphatic heterocycles. The highest BCUT2D eigenvalue weighted by Gasteiger charge is 2.33. The summed E-state index contributed by atoms with van der Waals surface area (Å²) in [5, 5.41) is 3.68. The van der Waals surface area contributed by atoms with Crippen LogP contribution in [0.15, 0.2) is 40.5 Å². The molecule has 0 spiro atoms. The van der Waals surface area contributed by atoms with Crippen molar-refractivity contribution >= 4 is 12.0 Å². The summed E-state index contributed by atoms with van der Waals surface area (Å²) in [5.41, 5.74) is 3.12. The zero-order valence-corrected chi connectivity index (χ0v) is 14.1. The van der Waals surface area contributed by atoms with E-state index in [1.807, 2.05) is 18.3 Å². The molecule has 1 heterocycles. The van der Waals surface area contributed by atoms with Crippen LogP contribution in [-0.4, -0.2) is 31.2 Å². The van der Waals surface area contributed by atoms with E-state index in [1.54, 1.807) is 7.11 Å². The summed E-state index contributed by atoms with van der Waals surface area (Å²) in [5.74, 6) is 1.31. The molecular weight excluding hydrogens is 300 g/mol. The van der Waals surface area contributed by atoms with Crippen molar-refractivity contribution in [2.75, 3.05) is 7.11 Å². The predicted molar refractivity (Wildman–Crippen MR) is 94.7 cm³/mol. The lowest BCUT2D eigenvalue weighted by atomic mass is 9.81. The molecule has 1 fully saturated rings. The Labute approximate surface area is 143 Å². The van der Waals surface area contributed by atoms with Gasteiger partial charge in [0, 0.05) is 24.4 Å². The molecule has 4 heteroatoms. The van der Waals surface area contributed by atoms with E-state index in [4.69, 9.17) is 9.73 Å². The number of Topliss-reactive ketones (excluding diaryl/α,β-unsaturated/α-hetero) is 1. The van der Waals surface area contributed by atoms with Gasteiger partial charge in [0.25, 0.3) is 0 Å². The molecule has 24 heavy (non-hydrogen) atoms.